The molecule has 0 spiro atoms. The van der Waals surface area contributed by atoms with Crippen molar-refractivity contribution in [1.82, 2.24) is 9.55 Å². The number of rotatable bonds is 6. The molecule has 0 bridgehead atoms. The number of benzene rings is 1. The third-order valence-corrected chi connectivity index (χ3v) is 7.11. The first kappa shape index (κ1) is 19.1. The second kappa shape index (κ2) is 8.05. The topological polar surface area (TPSA) is 78.0 Å². The summed E-state index contributed by atoms with van der Waals surface area (Å²) in [6.45, 7) is 0.416. The first-order valence-corrected chi connectivity index (χ1v) is 11.0. The minimum atomic E-state index is -0.449. The Kier molecular flexibility index (Phi) is 5.50. The number of thiophene rings is 1. The first-order valence-electron chi connectivity index (χ1n) is 9.23. The highest BCUT2D eigenvalue weighted by molar-refractivity contribution is 7.99. The minimum Gasteiger partial charge on any atom is -0.369 e. The number of nitrogens with zero attached hydrogens (tertiary/aromatic N) is 2. The summed E-state index contributed by atoms with van der Waals surface area (Å²) < 4.78 is 14.8. The summed E-state index contributed by atoms with van der Waals surface area (Å²) in [5.74, 6) is -0.666. The third-order valence-electron chi connectivity index (χ3n) is 4.92. The monoisotopic (exact) mass is 417 g/mol. The molecule has 2 N–H and O–H groups in total. The second-order valence-electron chi connectivity index (χ2n) is 6.87. The molecule has 3 aromatic rings. The summed E-state index contributed by atoms with van der Waals surface area (Å²) >= 11 is 2.78. The van der Waals surface area contributed by atoms with Gasteiger partial charge >= 0.3 is 0 Å². The van der Waals surface area contributed by atoms with Crippen LogP contribution in [0.3, 0.4) is 0 Å². The molecule has 0 saturated carbocycles. The number of carbonyl (C=O) groups is 1. The highest BCUT2D eigenvalue weighted by Gasteiger charge is 2.22. The summed E-state index contributed by atoms with van der Waals surface area (Å²) in [5.41, 5.74) is 7.32. The van der Waals surface area contributed by atoms with Gasteiger partial charge in [-0.3, -0.25) is 14.2 Å². The smallest absolute Gasteiger partial charge is 0.263 e. The maximum Gasteiger partial charge on any atom is 0.263 e. The van der Waals surface area contributed by atoms with Crippen LogP contribution in [0, 0.1) is 5.82 Å². The fourth-order valence-electron chi connectivity index (χ4n) is 3.55. The first-order chi connectivity index (χ1) is 13.5. The van der Waals surface area contributed by atoms with Crippen LogP contribution in [0.25, 0.3) is 10.2 Å². The SMILES string of the molecule is NC(=O)CSc1nc2sc3c(c2c(=O)n1CCc1ccc(F)cc1)CCCC3. The van der Waals surface area contributed by atoms with Gasteiger partial charge < -0.3 is 5.73 Å². The quantitative estimate of drug-likeness (QED) is 0.493. The van der Waals surface area contributed by atoms with E-state index >= 15 is 0 Å². The molecule has 8 heteroatoms. The average Bonchev–Trinajstić information content (AvgIpc) is 3.05. The van der Waals surface area contributed by atoms with Crippen LogP contribution in [-0.4, -0.2) is 21.2 Å². The van der Waals surface area contributed by atoms with Crippen molar-refractivity contribution in [2.75, 3.05) is 5.75 Å². The summed E-state index contributed by atoms with van der Waals surface area (Å²) in [5, 5.41) is 1.24. The summed E-state index contributed by atoms with van der Waals surface area (Å²) in [7, 11) is 0. The van der Waals surface area contributed by atoms with E-state index < -0.39 is 5.91 Å². The van der Waals surface area contributed by atoms with Gasteiger partial charge in [-0.15, -0.1) is 11.3 Å². The Balaban J connectivity index is 1.75. The summed E-state index contributed by atoms with van der Waals surface area (Å²) in [6.07, 6.45) is 4.71. The lowest BCUT2D eigenvalue weighted by atomic mass is 9.97. The molecule has 0 atom stereocenters. The molecule has 2 aromatic heterocycles. The van der Waals surface area contributed by atoms with Gasteiger partial charge in [-0.25, -0.2) is 9.37 Å². The number of hydrogen-bond donors (Lipinski definition) is 1. The molecular formula is C20H20FN3O2S2. The number of hydrogen-bond acceptors (Lipinski definition) is 5. The Bertz CT molecular complexity index is 1090. The van der Waals surface area contributed by atoms with Crippen molar-refractivity contribution in [2.24, 2.45) is 5.73 Å². The number of thioether (sulfide) groups is 1. The third kappa shape index (κ3) is 3.84. The van der Waals surface area contributed by atoms with Crippen LogP contribution in [-0.2, 0) is 30.6 Å². The van der Waals surface area contributed by atoms with Crippen molar-refractivity contribution in [3.63, 3.8) is 0 Å². The zero-order chi connectivity index (χ0) is 19.7. The van der Waals surface area contributed by atoms with Gasteiger partial charge in [0.25, 0.3) is 5.56 Å². The van der Waals surface area contributed by atoms with E-state index in [1.54, 1.807) is 28.0 Å². The molecule has 1 aliphatic carbocycles. The molecule has 1 aliphatic rings. The number of amides is 1. The van der Waals surface area contributed by atoms with Gasteiger partial charge in [-0.05, 0) is 55.4 Å². The molecule has 5 nitrogen and oxygen atoms in total. The minimum absolute atomic E-state index is 0.0570. The second-order valence-corrected chi connectivity index (χ2v) is 8.90. The Labute approximate surface area is 169 Å². The van der Waals surface area contributed by atoms with Crippen molar-refractivity contribution in [3.8, 4) is 0 Å². The molecule has 1 aromatic carbocycles. The van der Waals surface area contributed by atoms with Crippen molar-refractivity contribution < 1.29 is 9.18 Å². The number of primary amides is 1. The van der Waals surface area contributed by atoms with Crippen LogP contribution in [0.15, 0.2) is 34.2 Å². The Hall–Kier alpha value is -2.19. The van der Waals surface area contributed by atoms with E-state index in [0.717, 1.165) is 47.0 Å². The van der Waals surface area contributed by atoms with Crippen LogP contribution < -0.4 is 11.3 Å². The Morgan fingerprint density at radius 1 is 1.25 bits per heavy atom. The van der Waals surface area contributed by atoms with Crippen molar-refractivity contribution in [3.05, 3.63) is 56.4 Å². The van der Waals surface area contributed by atoms with Crippen LogP contribution in [0.2, 0.25) is 0 Å². The predicted octanol–water partition coefficient (Wildman–Crippen LogP) is 3.30. The highest BCUT2D eigenvalue weighted by atomic mass is 32.2. The Morgan fingerprint density at radius 3 is 2.75 bits per heavy atom. The maximum absolute atomic E-state index is 13.3. The molecular weight excluding hydrogens is 397 g/mol. The van der Waals surface area contributed by atoms with E-state index in [9.17, 15) is 14.0 Å². The standard InChI is InChI=1S/C20H20FN3O2S2/c21-13-7-5-12(6-8-13)9-10-24-19(26)17-14-3-1-2-4-15(14)28-18(17)23-20(24)27-11-16(22)25/h5-8H,1-4,9-11H2,(H2,22,25). The Morgan fingerprint density at radius 2 is 2.00 bits per heavy atom. The molecule has 1 amide bonds. The summed E-state index contributed by atoms with van der Waals surface area (Å²) in [6, 6.07) is 6.26. The number of aromatic nitrogens is 2. The van der Waals surface area contributed by atoms with Gasteiger partial charge in [0.15, 0.2) is 5.16 Å². The lowest BCUT2D eigenvalue weighted by molar-refractivity contribution is -0.115. The lowest BCUT2D eigenvalue weighted by Gasteiger charge is -2.13. The largest absolute Gasteiger partial charge is 0.369 e. The van der Waals surface area contributed by atoms with E-state index in [4.69, 9.17) is 10.7 Å². The maximum atomic E-state index is 13.3. The molecule has 0 radical (unpaired) electrons. The number of aryl methyl sites for hydroxylation is 3. The zero-order valence-electron chi connectivity index (χ0n) is 15.2. The molecule has 146 valence electrons. The summed E-state index contributed by atoms with van der Waals surface area (Å²) in [4.78, 5) is 31.3. The van der Waals surface area contributed by atoms with E-state index in [1.807, 2.05) is 0 Å². The molecule has 0 aliphatic heterocycles. The van der Waals surface area contributed by atoms with Crippen LogP contribution in [0.1, 0.15) is 28.8 Å². The van der Waals surface area contributed by atoms with Gasteiger partial charge in [-0.2, -0.15) is 0 Å². The molecule has 0 fully saturated rings. The van der Waals surface area contributed by atoms with Crippen molar-refractivity contribution in [2.45, 2.75) is 43.8 Å². The molecule has 2 heterocycles. The van der Waals surface area contributed by atoms with E-state index in [1.165, 1.54) is 28.8 Å². The molecule has 0 saturated heterocycles. The van der Waals surface area contributed by atoms with Gasteiger partial charge in [0.2, 0.25) is 5.91 Å². The van der Waals surface area contributed by atoms with E-state index in [-0.39, 0.29) is 17.1 Å². The fraction of sp³-hybridized carbons (Fsp3) is 0.350. The van der Waals surface area contributed by atoms with Crippen LogP contribution in [0.4, 0.5) is 4.39 Å². The van der Waals surface area contributed by atoms with Crippen LogP contribution >= 0.6 is 23.1 Å². The highest BCUT2D eigenvalue weighted by Crippen LogP contribution is 2.34. The average molecular weight is 418 g/mol. The number of carbonyl (C=O) groups excluding carboxylic acids is 1. The number of fused-ring (bicyclic) bond motifs is 3. The van der Waals surface area contributed by atoms with Gasteiger partial charge in [0.05, 0.1) is 11.1 Å². The number of halogens is 1. The van der Waals surface area contributed by atoms with Gasteiger partial charge in [-0.1, -0.05) is 23.9 Å². The van der Waals surface area contributed by atoms with Crippen molar-refractivity contribution in [1.29, 1.82) is 0 Å². The van der Waals surface area contributed by atoms with Crippen molar-refractivity contribution >= 4 is 39.2 Å². The fourth-order valence-corrected chi connectivity index (χ4v) is 5.62. The predicted molar refractivity (Wildman–Crippen MR) is 111 cm³/mol. The molecule has 0 unspecified atom stereocenters. The molecule has 28 heavy (non-hydrogen) atoms. The van der Waals surface area contributed by atoms with Crippen LogP contribution in [0.5, 0.6) is 0 Å². The van der Waals surface area contributed by atoms with Gasteiger partial charge in [0.1, 0.15) is 10.6 Å². The number of nitrogens with two attached hydrogens (primary N) is 1. The molecule has 4 rings (SSSR count). The lowest BCUT2D eigenvalue weighted by Crippen LogP contribution is -2.25. The normalized spacial score (nSPS) is 13.6. The van der Waals surface area contributed by atoms with E-state index in [2.05, 4.69) is 0 Å². The van der Waals surface area contributed by atoms with E-state index in [0.29, 0.717) is 18.1 Å². The zero-order valence-corrected chi connectivity index (χ0v) is 16.9. The van der Waals surface area contributed by atoms with Gasteiger partial charge in [0, 0.05) is 11.4 Å².